The lowest BCUT2D eigenvalue weighted by Crippen LogP contribution is -2.63. The first kappa shape index (κ1) is 18.4. The second-order valence-corrected chi connectivity index (χ2v) is 11.4. The maximum atomic E-state index is 9.64. The van der Waals surface area contributed by atoms with Gasteiger partial charge in [0, 0.05) is 5.41 Å². The van der Waals surface area contributed by atoms with E-state index in [1.165, 1.54) is 25.7 Å². The average Bonchev–Trinajstić information content (AvgIpc) is 3.11. The number of fused-ring (bicyclic) bond motifs is 8. The molecule has 5 rings (SSSR count). The number of hydrogen-bond acceptors (Lipinski definition) is 4. The van der Waals surface area contributed by atoms with Crippen molar-refractivity contribution in [3.8, 4) is 0 Å². The summed E-state index contributed by atoms with van der Waals surface area (Å²) in [5.74, 6) is 2.73. The number of oxime groups is 1. The highest BCUT2D eigenvalue weighted by atomic mass is 16.8. The van der Waals surface area contributed by atoms with Crippen LogP contribution in [0.15, 0.2) is 5.16 Å². The van der Waals surface area contributed by atoms with Crippen LogP contribution in [0.2, 0.25) is 0 Å². The standard InChI is InChI=1S/C23H37NO3/c1-13-8-10-22(4)15-9-11-23(5)14(6-7-17(23)24-25)18(15)20-19(16(22)12-13)26-21(2,3)27-20/h13-16,18-20,25H,6-12H2,1-5H3/t13-,14-,15-,16+,18-,19+,20+,22+,23-/m0/s1. The summed E-state index contributed by atoms with van der Waals surface area (Å²) < 4.78 is 13.3. The lowest BCUT2D eigenvalue weighted by Gasteiger charge is -2.62. The normalized spacial score (nSPS) is 57.7. The molecule has 1 N–H and O–H groups in total. The van der Waals surface area contributed by atoms with E-state index >= 15 is 0 Å². The van der Waals surface area contributed by atoms with Crippen molar-refractivity contribution in [2.75, 3.05) is 0 Å². The Kier molecular flexibility index (Phi) is 3.90. The maximum absolute atomic E-state index is 9.64. The second-order valence-electron chi connectivity index (χ2n) is 11.4. The number of ether oxygens (including phenoxy) is 2. The lowest BCUT2D eigenvalue weighted by atomic mass is 9.43. The van der Waals surface area contributed by atoms with Crippen molar-refractivity contribution in [2.45, 2.75) is 97.6 Å². The molecule has 0 aromatic heterocycles. The zero-order chi connectivity index (χ0) is 19.2. The van der Waals surface area contributed by atoms with Crippen LogP contribution in [0.3, 0.4) is 0 Å². The summed E-state index contributed by atoms with van der Waals surface area (Å²) in [6.07, 6.45) is 8.89. The third-order valence-electron chi connectivity index (χ3n) is 9.66. The van der Waals surface area contributed by atoms with Gasteiger partial charge in [-0.1, -0.05) is 32.3 Å². The topological polar surface area (TPSA) is 51.0 Å². The fraction of sp³-hybridized carbons (Fsp3) is 0.957. The van der Waals surface area contributed by atoms with E-state index in [1.54, 1.807) is 0 Å². The van der Waals surface area contributed by atoms with Gasteiger partial charge in [-0.2, -0.15) is 0 Å². The van der Waals surface area contributed by atoms with E-state index in [0.29, 0.717) is 29.1 Å². The quantitative estimate of drug-likeness (QED) is 0.465. The smallest absolute Gasteiger partial charge is 0.163 e. The van der Waals surface area contributed by atoms with Gasteiger partial charge >= 0.3 is 0 Å². The van der Waals surface area contributed by atoms with Crippen LogP contribution in [0.4, 0.5) is 0 Å². The first-order chi connectivity index (χ1) is 12.7. The van der Waals surface area contributed by atoms with Crippen molar-refractivity contribution >= 4 is 5.71 Å². The Morgan fingerprint density at radius 1 is 0.926 bits per heavy atom. The van der Waals surface area contributed by atoms with Crippen LogP contribution in [-0.2, 0) is 9.47 Å². The molecule has 0 unspecified atom stereocenters. The van der Waals surface area contributed by atoms with E-state index in [9.17, 15) is 5.21 Å². The summed E-state index contributed by atoms with van der Waals surface area (Å²) in [4.78, 5) is 0. The molecule has 5 fully saturated rings. The zero-order valence-corrected chi connectivity index (χ0v) is 17.7. The Morgan fingerprint density at radius 2 is 1.67 bits per heavy atom. The monoisotopic (exact) mass is 375 g/mol. The molecule has 1 saturated heterocycles. The molecule has 4 aliphatic carbocycles. The van der Waals surface area contributed by atoms with Gasteiger partial charge in [-0.25, -0.2) is 0 Å². The Morgan fingerprint density at radius 3 is 2.41 bits per heavy atom. The van der Waals surface area contributed by atoms with Crippen LogP contribution in [0.1, 0.15) is 79.6 Å². The van der Waals surface area contributed by atoms with Crippen molar-refractivity contribution in [1.29, 1.82) is 0 Å². The van der Waals surface area contributed by atoms with Gasteiger partial charge in [-0.3, -0.25) is 0 Å². The van der Waals surface area contributed by atoms with Gasteiger partial charge in [0.05, 0.1) is 17.9 Å². The largest absolute Gasteiger partial charge is 0.411 e. The number of hydrogen-bond donors (Lipinski definition) is 1. The third kappa shape index (κ3) is 2.38. The molecule has 9 atom stereocenters. The summed E-state index contributed by atoms with van der Waals surface area (Å²) in [5.41, 5.74) is 1.44. The van der Waals surface area contributed by atoms with Crippen LogP contribution in [0.5, 0.6) is 0 Å². The van der Waals surface area contributed by atoms with Crippen LogP contribution in [0.25, 0.3) is 0 Å². The molecule has 152 valence electrons. The summed E-state index contributed by atoms with van der Waals surface area (Å²) in [7, 11) is 0. The van der Waals surface area contributed by atoms with Gasteiger partial charge in [-0.05, 0) is 87.4 Å². The van der Waals surface area contributed by atoms with Crippen molar-refractivity contribution in [3.63, 3.8) is 0 Å². The molecule has 4 saturated carbocycles. The Balaban J connectivity index is 1.59. The summed E-state index contributed by atoms with van der Waals surface area (Å²) >= 11 is 0. The third-order valence-corrected chi connectivity index (χ3v) is 9.66. The molecule has 27 heavy (non-hydrogen) atoms. The van der Waals surface area contributed by atoms with E-state index in [2.05, 4.69) is 39.8 Å². The fourth-order valence-corrected chi connectivity index (χ4v) is 8.34. The number of rotatable bonds is 0. The SMILES string of the molecule is C[C@H]1CC[C@@]2(C)[C@H](C1)[C@H]1OC(C)(C)O[C@@H]1[C@@H]1[C@@H]2CC[C@]2(C)C(=NO)CC[C@@H]12. The van der Waals surface area contributed by atoms with Crippen molar-refractivity contribution in [1.82, 2.24) is 0 Å². The molecule has 0 spiro atoms. The van der Waals surface area contributed by atoms with Crippen LogP contribution in [-0.4, -0.2) is 28.9 Å². The predicted molar refractivity (Wildman–Crippen MR) is 105 cm³/mol. The van der Waals surface area contributed by atoms with Crippen LogP contribution in [0, 0.1) is 40.4 Å². The molecule has 4 heteroatoms. The molecular weight excluding hydrogens is 338 g/mol. The molecule has 4 nitrogen and oxygen atoms in total. The van der Waals surface area contributed by atoms with Crippen molar-refractivity contribution in [3.05, 3.63) is 0 Å². The van der Waals surface area contributed by atoms with Gasteiger partial charge in [0.25, 0.3) is 0 Å². The van der Waals surface area contributed by atoms with Crippen molar-refractivity contribution < 1.29 is 14.7 Å². The minimum Gasteiger partial charge on any atom is -0.411 e. The average molecular weight is 376 g/mol. The van der Waals surface area contributed by atoms with E-state index in [4.69, 9.17) is 9.47 Å². The first-order valence-electron chi connectivity index (χ1n) is 11.3. The molecule has 0 amide bonds. The molecule has 0 aromatic rings. The molecular formula is C23H37NO3. The van der Waals surface area contributed by atoms with Gasteiger partial charge in [0.1, 0.15) is 0 Å². The van der Waals surface area contributed by atoms with Gasteiger partial charge in [0.2, 0.25) is 0 Å². The highest BCUT2D eigenvalue weighted by Gasteiger charge is 2.68. The van der Waals surface area contributed by atoms with Crippen molar-refractivity contribution in [2.24, 2.45) is 45.6 Å². The fourth-order valence-electron chi connectivity index (χ4n) is 8.34. The molecule has 0 aromatic carbocycles. The maximum Gasteiger partial charge on any atom is 0.163 e. The molecule has 1 heterocycles. The predicted octanol–water partition coefficient (Wildman–Crippen LogP) is 5.24. The van der Waals surface area contributed by atoms with E-state index < -0.39 is 5.79 Å². The molecule has 5 aliphatic rings. The van der Waals surface area contributed by atoms with Gasteiger partial charge < -0.3 is 14.7 Å². The highest BCUT2D eigenvalue weighted by molar-refractivity contribution is 5.92. The van der Waals surface area contributed by atoms with E-state index in [0.717, 1.165) is 30.9 Å². The first-order valence-corrected chi connectivity index (χ1v) is 11.3. The van der Waals surface area contributed by atoms with E-state index in [-0.39, 0.29) is 17.6 Å². The Bertz CT molecular complexity index is 660. The molecule has 0 radical (unpaired) electrons. The zero-order valence-electron chi connectivity index (χ0n) is 17.7. The summed E-state index contributed by atoms with van der Waals surface area (Å²) in [6.45, 7) is 11.5. The molecule has 0 bridgehead atoms. The van der Waals surface area contributed by atoms with Crippen LogP contribution >= 0.6 is 0 Å². The van der Waals surface area contributed by atoms with E-state index in [1.807, 2.05) is 0 Å². The lowest BCUT2D eigenvalue weighted by molar-refractivity contribution is -0.174. The Labute approximate surface area is 164 Å². The van der Waals surface area contributed by atoms with Crippen LogP contribution < -0.4 is 0 Å². The Hall–Kier alpha value is -0.610. The second kappa shape index (κ2) is 5.72. The minimum atomic E-state index is -0.480. The molecule has 1 aliphatic heterocycles. The van der Waals surface area contributed by atoms with Gasteiger partial charge in [-0.15, -0.1) is 0 Å². The highest BCUT2D eigenvalue weighted by Crippen LogP contribution is 2.68. The summed E-state index contributed by atoms with van der Waals surface area (Å²) in [6, 6.07) is 0. The number of nitrogens with zero attached hydrogens (tertiary/aromatic N) is 1. The minimum absolute atomic E-state index is 0.0434. The summed E-state index contributed by atoms with van der Waals surface area (Å²) in [5, 5.41) is 13.4. The van der Waals surface area contributed by atoms with Gasteiger partial charge in [0.15, 0.2) is 5.79 Å².